The number of nitrogens with one attached hydrogen (secondary N) is 1. The van der Waals surface area contributed by atoms with Crippen LogP contribution in [-0.4, -0.2) is 18.6 Å². The Labute approximate surface area is 114 Å². The maximum Gasteiger partial charge on any atom is 0.253 e. The highest BCUT2D eigenvalue weighted by Crippen LogP contribution is 2.26. The molecule has 98 valence electrons. The van der Waals surface area contributed by atoms with Gasteiger partial charge in [-0.25, -0.2) is 4.39 Å². The number of hydrogen-bond donors (Lipinski definition) is 1. The molecule has 1 heterocycles. The summed E-state index contributed by atoms with van der Waals surface area (Å²) in [5.74, 6) is -0.285. The summed E-state index contributed by atoms with van der Waals surface area (Å²) in [4.78, 5) is 12.0. The zero-order chi connectivity index (χ0) is 13.3. The predicted molar refractivity (Wildman–Crippen MR) is 71.0 cm³/mol. The van der Waals surface area contributed by atoms with Crippen LogP contribution < -0.4 is 5.32 Å². The Bertz CT molecular complexity index is 478. The molecule has 1 saturated heterocycles. The second kappa shape index (κ2) is 5.36. The van der Waals surface area contributed by atoms with Crippen molar-refractivity contribution >= 4 is 27.5 Å². The van der Waals surface area contributed by atoms with E-state index in [1.807, 2.05) is 6.92 Å². The molecule has 0 aromatic heterocycles. The molecule has 0 radical (unpaired) electrons. The van der Waals surface area contributed by atoms with Crippen molar-refractivity contribution in [1.82, 2.24) is 0 Å². The first-order chi connectivity index (χ1) is 8.49. The van der Waals surface area contributed by atoms with E-state index in [4.69, 9.17) is 4.74 Å². The van der Waals surface area contributed by atoms with E-state index in [2.05, 4.69) is 21.2 Å². The Morgan fingerprint density at radius 3 is 2.89 bits per heavy atom. The summed E-state index contributed by atoms with van der Waals surface area (Å²) in [5.41, 5.74) is 1.30. The van der Waals surface area contributed by atoms with Gasteiger partial charge in [-0.3, -0.25) is 4.79 Å². The second-order valence-corrected chi connectivity index (χ2v) is 5.48. The molecule has 1 aliphatic rings. The molecule has 1 aromatic rings. The molecule has 2 rings (SSSR count). The van der Waals surface area contributed by atoms with Gasteiger partial charge in [-0.15, -0.1) is 0 Å². The normalized spacial score (nSPS) is 23.1. The Morgan fingerprint density at radius 1 is 1.56 bits per heavy atom. The van der Waals surface area contributed by atoms with Crippen LogP contribution in [0.25, 0.3) is 0 Å². The molecule has 2 unspecified atom stereocenters. The molecular weight excluding hydrogens is 301 g/mol. The summed E-state index contributed by atoms with van der Waals surface area (Å²) in [6, 6.07) is 2.96. The lowest BCUT2D eigenvalue weighted by molar-refractivity contribution is -0.126. The lowest BCUT2D eigenvalue weighted by Gasteiger charge is -2.16. The molecule has 2 atom stereocenters. The third-order valence-corrected chi connectivity index (χ3v) is 3.78. The quantitative estimate of drug-likeness (QED) is 0.909. The van der Waals surface area contributed by atoms with Crippen molar-refractivity contribution in [1.29, 1.82) is 0 Å². The molecule has 1 N–H and O–H groups in total. The molecule has 18 heavy (non-hydrogen) atoms. The zero-order valence-electron chi connectivity index (χ0n) is 10.3. The molecule has 0 saturated carbocycles. The lowest BCUT2D eigenvalue weighted by atomic mass is 10.0. The van der Waals surface area contributed by atoms with Gasteiger partial charge in [0, 0.05) is 12.3 Å². The zero-order valence-corrected chi connectivity index (χ0v) is 11.9. The summed E-state index contributed by atoms with van der Waals surface area (Å²) >= 11 is 3.11. The monoisotopic (exact) mass is 315 g/mol. The topological polar surface area (TPSA) is 38.3 Å². The largest absolute Gasteiger partial charge is 0.368 e. The van der Waals surface area contributed by atoms with Crippen LogP contribution in [0.15, 0.2) is 16.6 Å². The number of hydrogen-bond acceptors (Lipinski definition) is 2. The number of anilines is 1. The maximum atomic E-state index is 13.3. The highest BCUT2D eigenvalue weighted by molar-refractivity contribution is 9.10. The van der Waals surface area contributed by atoms with Gasteiger partial charge in [0.2, 0.25) is 0 Å². The van der Waals surface area contributed by atoms with Gasteiger partial charge in [-0.1, -0.05) is 6.92 Å². The highest BCUT2D eigenvalue weighted by Gasteiger charge is 2.31. The van der Waals surface area contributed by atoms with Gasteiger partial charge in [-0.05, 0) is 52.9 Å². The lowest BCUT2D eigenvalue weighted by Crippen LogP contribution is -2.31. The summed E-state index contributed by atoms with van der Waals surface area (Å²) in [5, 5.41) is 2.79. The van der Waals surface area contributed by atoms with E-state index >= 15 is 0 Å². The highest BCUT2D eigenvalue weighted by atomic mass is 79.9. The van der Waals surface area contributed by atoms with E-state index in [1.165, 1.54) is 6.07 Å². The van der Waals surface area contributed by atoms with Crippen molar-refractivity contribution < 1.29 is 13.9 Å². The van der Waals surface area contributed by atoms with Crippen LogP contribution in [0.2, 0.25) is 0 Å². The van der Waals surface area contributed by atoms with Crippen LogP contribution in [0, 0.1) is 18.7 Å². The number of ether oxygens (including phenoxy) is 1. The summed E-state index contributed by atoms with van der Waals surface area (Å²) in [6.07, 6.45) is 0.484. The molecular formula is C13H15BrFNO2. The molecule has 1 aliphatic heterocycles. The minimum absolute atomic E-state index is 0.165. The molecule has 1 aromatic carbocycles. The number of amides is 1. The first kappa shape index (κ1) is 13.5. The maximum absolute atomic E-state index is 13.3. The Kier molecular flexibility index (Phi) is 4.02. The number of benzene rings is 1. The van der Waals surface area contributed by atoms with Crippen molar-refractivity contribution in [2.24, 2.45) is 5.92 Å². The Balaban J connectivity index is 2.14. The number of rotatable bonds is 2. The summed E-state index contributed by atoms with van der Waals surface area (Å²) < 4.78 is 19.0. The van der Waals surface area contributed by atoms with Gasteiger partial charge < -0.3 is 10.1 Å². The molecule has 0 spiro atoms. The number of aryl methyl sites for hydroxylation is 1. The van der Waals surface area contributed by atoms with Crippen LogP contribution >= 0.6 is 15.9 Å². The van der Waals surface area contributed by atoms with Crippen LogP contribution in [-0.2, 0) is 9.53 Å². The van der Waals surface area contributed by atoms with Crippen molar-refractivity contribution in [3.63, 3.8) is 0 Å². The third kappa shape index (κ3) is 2.72. The molecule has 1 amide bonds. The number of carbonyl (C=O) groups is 1. The van der Waals surface area contributed by atoms with Gasteiger partial charge in [0.05, 0.1) is 4.47 Å². The minimum Gasteiger partial charge on any atom is -0.368 e. The second-order valence-electron chi connectivity index (χ2n) is 4.63. The van der Waals surface area contributed by atoms with E-state index in [0.717, 1.165) is 6.42 Å². The fourth-order valence-electron chi connectivity index (χ4n) is 2.02. The van der Waals surface area contributed by atoms with Gasteiger partial charge in [0.1, 0.15) is 11.9 Å². The van der Waals surface area contributed by atoms with Gasteiger partial charge >= 0.3 is 0 Å². The van der Waals surface area contributed by atoms with Crippen molar-refractivity contribution in [2.45, 2.75) is 26.4 Å². The predicted octanol–water partition coefficient (Wildman–Crippen LogP) is 3.26. The Morgan fingerprint density at radius 2 is 2.28 bits per heavy atom. The Hall–Kier alpha value is -0.940. The fourth-order valence-corrected chi connectivity index (χ4v) is 2.36. The number of carbonyl (C=O) groups excluding carboxylic acids is 1. The molecule has 1 fully saturated rings. The summed E-state index contributed by atoms with van der Waals surface area (Å²) in [6.45, 7) is 4.36. The summed E-state index contributed by atoms with van der Waals surface area (Å²) in [7, 11) is 0. The van der Waals surface area contributed by atoms with E-state index < -0.39 is 6.10 Å². The SMILES string of the molecule is Cc1cc(F)c(Br)cc1NC(=O)C1OCCC1C. The first-order valence-electron chi connectivity index (χ1n) is 5.87. The van der Waals surface area contributed by atoms with Crippen LogP contribution in [0.3, 0.4) is 0 Å². The first-order valence-corrected chi connectivity index (χ1v) is 6.66. The van der Waals surface area contributed by atoms with Crippen molar-refractivity contribution in [2.75, 3.05) is 11.9 Å². The molecule has 0 aliphatic carbocycles. The van der Waals surface area contributed by atoms with Gasteiger partial charge in [0.15, 0.2) is 0 Å². The standard InChI is InChI=1S/C13H15BrFNO2/c1-7-3-4-18-12(7)13(17)16-11-6-9(14)10(15)5-8(11)2/h5-7,12H,3-4H2,1-2H3,(H,16,17). The van der Waals surface area contributed by atoms with Crippen LogP contribution in [0.5, 0.6) is 0 Å². The molecule has 3 nitrogen and oxygen atoms in total. The fraction of sp³-hybridized carbons (Fsp3) is 0.462. The van der Waals surface area contributed by atoms with Crippen LogP contribution in [0.1, 0.15) is 18.9 Å². The smallest absolute Gasteiger partial charge is 0.253 e. The average Bonchev–Trinajstić information content (AvgIpc) is 2.72. The van der Waals surface area contributed by atoms with Crippen molar-refractivity contribution in [3.05, 3.63) is 28.0 Å². The molecule has 0 bridgehead atoms. The van der Waals surface area contributed by atoms with E-state index in [9.17, 15) is 9.18 Å². The molecule has 5 heteroatoms. The van der Waals surface area contributed by atoms with Gasteiger partial charge in [0.25, 0.3) is 5.91 Å². The van der Waals surface area contributed by atoms with E-state index in [1.54, 1.807) is 13.0 Å². The third-order valence-electron chi connectivity index (χ3n) is 3.17. The van der Waals surface area contributed by atoms with Crippen LogP contribution in [0.4, 0.5) is 10.1 Å². The van der Waals surface area contributed by atoms with Crippen molar-refractivity contribution in [3.8, 4) is 0 Å². The van der Waals surface area contributed by atoms with E-state index in [-0.39, 0.29) is 17.6 Å². The number of halogens is 2. The minimum atomic E-state index is -0.409. The average molecular weight is 316 g/mol. The van der Waals surface area contributed by atoms with E-state index in [0.29, 0.717) is 22.3 Å². The van der Waals surface area contributed by atoms with Gasteiger partial charge in [-0.2, -0.15) is 0 Å².